The SMILES string of the molecule is O=C(Nn1c(=S)[nH]c2ccccc2c1=O)c1ccccc1Cl. The van der Waals surface area contributed by atoms with Crippen LogP contribution < -0.4 is 11.0 Å². The molecule has 0 aliphatic rings. The molecule has 1 heterocycles. The molecule has 0 saturated carbocycles. The van der Waals surface area contributed by atoms with Gasteiger partial charge in [0, 0.05) is 0 Å². The molecule has 0 aliphatic heterocycles. The Balaban J connectivity index is 2.08. The monoisotopic (exact) mass is 331 g/mol. The number of hydrogen-bond donors (Lipinski definition) is 2. The highest BCUT2D eigenvalue weighted by molar-refractivity contribution is 7.71. The van der Waals surface area contributed by atoms with Gasteiger partial charge in [0.2, 0.25) is 0 Å². The summed E-state index contributed by atoms with van der Waals surface area (Å²) >= 11 is 11.1. The molecule has 0 fully saturated rings. The Bertz CT molecular complexity index is 994. The van der Waals surface area contributed by atoms with Gasteiger partial charge >= 0.3 is 0 Å². The maximum atomic E-state index is 12.4. The maximum absolute atomic E-state index is 12.4. The van der Waals surface area contributed by atoms with Crippen molar-refractivity contribution in [2.75, 3.05) is 5.43 Å². The van der Waals surface area contributed by atoms with E-state index in [2.05, 4.69) is 10.4 Å². The number of para-hydroxylation sites is 1. The van der Waals surface area contributed by atoms with Gasteiger partial charge in [0.05, 0.1) is 21.5 Å². The van der Waals surface area contributed by atoms with Crippen LogP contribution in [0.15, 0.2) is 53.3 Å². The minimum Gasteiger partial charge on any atom is -0.330 e. The first kappa shape index (κ1) is 14.5. The maximum Gasteiger partial charge on any atom is 0.281 e. The molecule has 2 aromatic carbocycles. The molecule has 0 bridgehead atoms. The fraction of sp³-hybridized carbons (Fsp3) is 0. The molecular formula is C15H10ClN3O2S. The highest BCUT2D eigenvalue weighted by atomic mass is 35.5. The summed E-state index contributed by atoms with van der Waals surface area (Å²) < 4.78 is 1.10. The molecule has 7 heteroatoms. The number of carbonyl (C=O) groups excluding carboxylic acids is 1. The van der Waals surface area contributed by atoms with Gasteiger partial charge in [0.1, 0.15) is 0 Å². The Morgan fingerprint density at radius 1 is 1.14 bits per heavy atom. The van der Waals surface area contributed by atoms with Gasteiger partial charge < -0.3 is 4.98 Å². The Kier molecular flexibility index (Phi) is 3.79. The van der Waals surface area contributed by atoms with Gasteiger partial charge in [-0.25, -0.2) is 0 Å². The Morgan fingerprint density at radius 3 is 2.59 bits per heavy atom. The van der Waals surface area contributed by atoms with E-state index < -0.39 is 11.5 Å². The molecule has 2 N–H and O–H groups in total. The summed E-state index contributed by atoms with van der Waals surface area (Å²) in [6, 6.07) is 13.5. The average molecular weight is 332 g/mol. The smallest absolute Gasteiger partial charge is 0.281 e. The number of fused-ring (bicyclic) bond motifs is 1. The predicted molar refractivity (Wildman–Crippen MR) is 88.5 cm³/mol. The lowest BCUT2D eigenvalue weighted by Gasteiger charge is -2.10. The zero-order valence-corrected chi connectivity index (χ0v) is 12.7. The van der Waals surface area contributed by atoms with Crippen LogP contribution in [0.25, 0.3) is 10.9 Å². The van der Waals surface area contributed by atoms with Crippen molar-refractivity contribution in [1.82, 2.24) is 9.66 Å². The van der Waals surface area contributed by atoms with Crippen LogP contribution in [0, 0.1) is 4.77 Å². The number of carbonyl (C=O) groups is 1. The Hall–Kier alpha value is -2.44. The highest BCUT2D eigenvalue weighted by Crippen LogP contribution is 2.14. The summed E-state index contributed by atoms with van der Waals surface area (Å²) in [4.78, 5) is 27.6. The number of H-pyrrole nitrogens is 1. The third kappa shape index (κ3) is 2.54. The molecule has 1 amide bonds. The second-order valence-electron chi connectivity index (χ2n) is 4.54. The Morgan fingerprint density at radius 2 is 1.82 bits per heavy atom. The predicted octanol–water partition coefficient (Wildman–Crippen LogP) is 3.10. The van der Waals surface area contributed by atoms with Gasteiger partial charge in [-0.1, -0.05) is 35.9 Å². The van der Waals surface area contributed by atoms with E-state index in [4.69, 9.17) is 23.8 Å². The van der Waals surface area contributed by atoms with Gasteiger partial charge in [-0.2, -0.15) is 4.68 Å². The first-order valence-corrected chi connectivity index (χ1v) is 7.16. The molecule has 0 unspecified atom stereocenters. The molecule has 0 radical (unpaired) electrons. The first-order chi connectivity index (χ1) is 10.6. The van der Waals surface area contributed by atoms with Gasteiger partial charge in [-0.05, 0) is 36.5 Å². The lowest BCUT2D eigenvalue weighted by molar-refractivity contribution is 0.101. The topological polar surface area (TPSA) is 66.9 Å². The minimum absolute atomic E-state index is 0.101. The molecule has 3 aromatic rings. The normalized spacial score (nSPS) is 10.6. The van der Waals surface area contributed by atoms with Crippen LogP contribution in [-0.4, -0.2) is 15.6 Å². The zero-order chi connectivity index (χ0) is 15.7. The molecule has 0 spiro atoms. The van der Waals surface area contributed by atoms with Crippen molar-refractivity contribution in [2.45, 2.75) is 0 Å². The van der Waals surface area contributed by atoms with E-state index in [0.717, 1.165) is 4.68 Å². The summed E-state index contributed by atoms with van der Waals surface area (Å²) in [6.07, 6.45) is 0. The summed E-state index contributed by atoms with van der Waals surface area (Å²) in [5.41, 5.74) is 2.94. The second kappa shape index (κ2) is 5.75. The van der Waals surface area contributed by atoms with Crippen molar-refractivity contribution in [3.05, 3.63) is 74.2 Å². The van der Waals surface area contributed by atoms with Crippen LogP contribution in [-0.2, 0) is 0 Å². The van der Waals surface area contributed by atoms with Crippen molar-refractivity contribution in [3.63, 3.8) is 0 Å². The Labute approximate surface area is 135 Å². The van der Waals surface area contributed by atoms with Gasteiger partial charge in [0.15, 0.2) is 4.77 Å². The van der Waals surface area contributed by atoms with E-state index in [1.54, 1.807) is 48.5 Å². The fourth-order valence-electron chi connectivity index (χ4n) is 2.07. The number of aromatic nitrogens is 2. The van der Waals surface area contributed by atoms with Gasteiger partial charge in [-0.15, -0.1) is 0 Å². The van der Waals surface area contributed by atoms with Crippen molar-refractivity contribution < 1.29 is 4.79 Å². The number of nitrogens with zero attached hydrogens (tertiary/aromatic N) is 1. The number of amides is 1. The van der Waals surface area contributed by atoms with Crippen LogP contribution in [0.5, 0.6) is 0 Å². The van der Waals surface area contributed by atoms with Crippen molar-refractivity contribution in [2.24, 2.45) is 0 Å². The third-order valence-corrected chi connectivity index (χ3v) is 3.75. The van der Waals surface area contributed by atoms with E-state index in [-0.39, 0.29) is 10.3 Å². The number of hydrogen-bond acceptors (Lipinski definition) is 3. The van der Waals surface area contributed by atoms with Crippen LogP contribution >= 0.6 is 23.8 Å². The van der Waals surface area contributed by atoms with Gasteiger partial charge in [-0.3, -0.25) is 15.0 Å². The molecule has 1 aromatic heterocycles. The first-order valence-electron chi connectivity index (χ1n) is 6.38. The average Bonchev–Trinajstić information content (AvgIpc) is 2.51. The second-order valence-corrected chi connectivity index (χ2v) is 5.33. The van der Waals surface area contributed by atoms with Crippen molar-refractivity contribution >= 4 is 40.6 Å². The molecule has 22 heavy (non-hydrogen) atoms. The number of rotatable bonds is 2. The molecule has 0 atom stereocenters. The van der Waals surface area contributed by atoms with Crippen LogP contribution in [0.2, 0.25) is 5.02 Å². The fourth-order valence-corrected chi connectivity index (χ4v) is 2.53. The van der Waals surface area contributed by atoms with E-state index in [9.17, 15) is 9.59 Å². The third-order valence-electron chi connectivity index (χ3n) is 3.14. The summed E-state index contributed by atoms with van der Waals surface area (Å²) in [5.74, 6) is -0.512. The summed E-state index contributed by atoms with van der Waals surface area (Å²) in [7, 11) is 0. The van der Waals surface area contributed by atoms with E-state index in [1.165, 1.54) is 0 Å². The summed E-state index contributed by atoms with van der Waals surface area (Å²) in [5, 5.41) is 0.722. The standard InChI is InChI=1S/C15H10ClN3O2S/c16-11-7-3-1-5-9(11)13(20)18-19-14(21)10-6-2-4-8-12(10)17-15(19)22/h1-8H,(H,17,22)(H,18,20). The number of benzene rings is 2. The lowest BCUT2D eigenvalue weighted by Crippen LogP contribution is -2.34. The van der Waals surface area contributed by atoms with E-state index >= 15 is 0 Å². The van der Waals surface area contributed by atoms with Gasteiger partial charge in [0.25, 0.3) is 11.5 Å². The summed E-state index contributed by atoms with van der Waals surface area (Å²) in [6.45, 7) is 0. The number of nitrogens with one attached hydrogen (secondary N) is 2. The van der Waals surface area contributed by atoms with E-state index in [1.807, 2.05) is 0 Å². The van der Waals surface area contributed by atoms with Crippen molar-refractivity contribution in [1.29, 1.82) is 0 Å². The van der Waals surface area contributed by atoms with Crippen LogP contribution in [0.4, 0.5) is 0 Å². The molecule has 3 rings (SSSR count). The zero-order valence-electron chi connectivity index (χ0n) is 11.2. The number of aromatic amines is 1. The molecule has 0 saturated heterocycles. The largest absolute Gasteiger partial charge is 0.330 e. The number of halogens is 1. The van der Waals surface area contributed by atoms with Crippen LogP contribution in [0.1, 0.15) is 10.4 Å². The highest BCUT2D eigenvalue weighted by Gasteiger charge is 2.12. The van der Waals surface area contributed by atoms with Crippen molar-refractivity contribution in [3.8, 4) is 0 Å². The molecule has 110 valence electrons. The quantitative estimate of drug-likeness (QED) is 0.709. The minimum atomic E-state index is -0.512. The lowest BCUT2D eigenvalue weighted by atomic mass is 10.2. The molecular weight excluding hydrogens is 322 g/mol. The van der Waals surface area contributed by atoms with Crippen LogP contribution in [0.3, 0.4) is 0 Å². The van der Waals surface area contributed by atoms with E-state index in [0.29, 0.717) is 15.9 Å². The molecule has 5 nitrogen and oxygen atoms in total. The molecule has 0 aliphatic carbocycles.